The highest BCUT2D eigenvalue weighted by atomic mass is 16.5. The summed E-state index contributed by atoms with van der Waals surface area (Å²) in [5.74, 6) is -0.205. The summed E-state index contributed by atoms with van der Waals surface area (Å²) in [5, 5.41) is 0. The summed E-state index contributed by atoms with van der Waals surface area (Å²) < 4.78 is 5.16. The minimum atomic E-state index is -0.205. The summed E-state index contributed by atoms with van der Waals surface area (Å²) >= 11 is 0. The van der Waals surface area contributed by atoms with E-state index >= 15 is 0 Å². The van der Waals surface area contributed by atoms with Gasteiger partial charge in [-0.3, -0.25) is 4.79 Å². The van der Waals surface area contributed by atoms with E-state index in [1.807, 2.05) is 36.4 Å². The van der Waals surface area contributed by atoms with Gasteiger partial charge in [-0.25, -0.2) is 0 Å². The van der Waals surface area contributed by atoms with Crippen LogP contribution in [0.2, 0.25) is 0 Å². The van der Waals surface area contributed by atoms with Crippen molar-refractivity contribution in [3.63, 3.8) is 0 Å². The van der Waals surface area contributed by atoms with Gasteiger partial charge in [0.1, 0.15) is 0 Å². The van der Waals surface area contributed by atoms with Crippen LogP contribution in [-0.2, 0) is 16.0 Å². The molecule has 1 aromatic carbocycles. The van der Waals surface area contributed by atoms with Crippen molar-refractivity contribution in [1.29, 1.82) is 0 Å². The molecule has 0 aliphatic heterocycles. The van der Waals surface area contributed by atoms with E-state index < -0.39 is 0 Å². The Bertz CT molecular complexity index is 430. The predicted octanol–water partition coefficient (Wildman–Crippen LogP) is 3.46. The first-order valence-electron chi connectivity index (χ1n) is 5.90. The molecule has 0 radical (unpaired) electrons. The zero-order chi connectivity index (χ0) is 13.2. The number of benzene rings is 1. The number of allylic oxidation sites excluding steroid dienone is 3. The monoisotopic (exact) mass is 242 g/mol. The zero-order valence-corrected chi connectivity index (χ0v) is 10.5. The van der Waals surface area contributed by atoms with Crippen LogP contribution < -0.4 is 0 Å². The molecule has 0 aliphatic carbocycles. The third-order valence-electron chi connectivity index (χ3n) is 2.44. The van der Waals surface area contributed by atoms with Crippen molar-refractivity contribution in [1.82, 2.24) is 0 Å². The number of hydrogen-bond acceptors (Lipinski definition) is 2. The second-order valence-corrected chi connectivity index (χ2v) is 3.81. The van der Waals surface area contributed by atoms with Crippen LogP contribution in [0.15, 0.2) is 67.3 Å². The van der Waals surface area contributed by atoms with Crippen molar-refractivity contribution in [2.75, 3.05) is 6.61 Å². The van der Waals surface area contributed by atoms with Gasteiger partial charge >= 0.3 is 5.97 Å². The van der Waals surface area contributed by atoms with E-state index in [-0.39, 0.29) is 5.97 Å². The maximum absolute atomic E-state index is 11.6. The lowest BCUT2D eigenvalue weighted by Crippen LogP contribution is -2.09. The Morgan fingerprint density at radius 3 is 2.56 bits per heavy atom. The van der Waals surface area contributed by atoms with Crippen molar-refractivity contribution in [3.8, 4) is 0 Å². The van der Waals surface area contributed by atoms with Gasteiger partial charge in [-0.2, -0.15) is 0 Å². The second-order valence-electron chi connectivity index (χ2n) is 3.81. The van der Waals surface area contributed by atoms with E-state index in [1.54, 1.807) is 12.2 Å². The molecule has 0 N–H and O–H groups in total. The molecular formula is C16H18O2. The normalized spacial score (nSPS) is 10.8. The number of esters is 1. The van der Waals surface area contributed by atoms with Gasteiger partial charge in [-0.1, -0.05) is 61.7 Å². The Morgan fingerprint density at radius 2 is 1.94 bits per heavy atom. The summed E-state index contributed by atoms with van der Waals surface area (Å²) in [6, 6.07) is 9.56. The van der Waals surface area contributed by atoms with Gasteiger partial charge in [-0.15, -0.1) is 0 Å². The topological polar surface area (TPSA) is 26.3 Å². The van der Waals surface area contributed by atoms with Crippen molar-refractivity contribution < 1.29 is 9.53 Å². The molecule has 1 aromatic rings. The number of ether oxygens (including phenoxy) is 1. The Kier molecular flexibility index (Phi) is 6.26. The van der Waals surface area contributed by atoms with Gasteiger partial charge in [0.05, 0.1) is 13.0 Å². The van der Waals surface area contributed by atoms with Gasteiger partial charge in [0.2, 0.25) is 0 Å². The average Bonchev–Trinajstić information content (AvgIpc) is 2.39. The van der Waals surface area contributed by atoms with Crippen LogP contribution in [0.5, 0.6) is 0 Å². The van der Waals surface area contributed by atoms with Gasteiger partial charge in [0.15, 0.2) is 0 Å². The molecule has 0 heterocycles. The molecule has 0 unspecified atom stereocenters. The molecule has 2 heteroatoms. The third kappa shape index (κ3) is 5.30. The highest BCUT2D eigenvalue weighted by molar-refractivity contribution is 5.72. The molecule has 94 valence electrons. The van der Waals surface area contributed by atoms with E-state index in [4.69, 9.17) is 4.74 Å². The van der Waals surface area contributed by atoms with Gasteiger partial charge in [0, 0.05) is 6.42 Å². The van der Waals surface area contributed by atoms with Gasteiger partial charge in [0.25, 0.3) is 0 Å². The molecule has 0 aliphatic rings. The van der Waals surface area contributed by atoms with E-state index in [0.29, 0.717) is 19.4 Å². The highest BCUT2D eigenvalue weighted by Gasteiger charge is 2.04. The van der Waals surface area contributed by atoms with Crippen LogP contribution in [0.3, 0.4) is 0 Å². The molecule has 0 bridgehead atoms. The lowest BCUT2D eigenvalue weighted by molar-refractivity contribution is -0.142. The maximum Gasteiger partial charge on any atom is 0.310 e. The molecule has 0 saturated heterocycles. The van der Waals surface area contributed by atoms with Gasteiger partial charge in [-0.05, 0) is 11.1 Å². The Morgan fingerprint density at radius 1 is 1.22 bits per heavy atom. The fourth-order valence-corrected chi connectivity index (χ4v) is 1.50. The molecule has 0 spiro atoms. The smallest absolute Gasteiger partial charge is 0.310 e. The highest BCUT2D eigenvalue weighted by Crippen LogP contribution is 2.05. The van der Waals surface area contributed by atoms with Crippen LogP contribution in [-0.4, -0.2) is 12.6 Å². The van der Waals surface area contributed by atoms with Crippen molar-refractivity contribution in [2.45, 2.75) is 12.8 Å². The maximum atomic E-state index is 11.6. The number of hydrogen-bond donors (Lipinski definition) is 0. The fourth-order valence-electron chi connectivity index (χ4n) is 1.50. The largest absolute Gasteiger partial charge is 0.465 e. The van der Waals surface area contributed by atoms with Crippen LogP contribution in [0.4, 0.5) is 0 Å². The van der Waals surface area contributed by atoms with Crippen LogP contribution in [0.25, 0.3) is 0 Å². The summed E-state index contributed by atoms with van der Waals surface area (Å²) in [6.45, 7) is 7.68. The molecule has 0 atom stereocenters. The quantitative estimate of drug-likeness (QED) is 0.540. The molecule has 0 fully saturated rings. The molecule has 18 heavy (non-hydrogen) atoms. The molecule has 0 saturated carbocycles. The summed E-state index contributed by atoms with van der Waals surface area (Å²) in [6.07, 6.45) is 6.28. The summed E-state index contributed by atoms with van der Waals surface area (Å²) in [7, 11) is 0. The lowest BCUT2D eigenvalue weighted by atomic mass is 10.1. The molecular weight excluding hydrogens is 224 g/mol. The van der Waals surface area contributed by atoms with E-state index in [0.717, 1.165) is 11.1 Å². The summed E-state index contributed by atoms with van der Waals surface area (Å²) in [4.78, 5) is 11.6. The Labute approximate surface area is 108 Å². The molecule has 1 rings (SSSR count). The fraction of sp³-hybridized carbons (Fsp3) is 0.188. The minimum absolute atomic E-state index is 0.205. The predicted molar refractivity (Wildman–Crippen MR) is 74.2 cm³/mol. The van der Waals surface area contributed by atoms with E-state index in [2.05, 4.69) is 13.2 Å². The molecule has 2 nitrogen and oxygen atoms in total. The zero-order valence-electron chi connectivity index (χ0n) is 10.5. The number of rotatable bonds is 7. The first-order valence-corrected chi connectivity index (χ1v) is 5.90. The lowest BCUT2D eigenvalue weighted by Gasteiger charge is -2.05. The Hall–Kier alpha value is -2.09. The SMILES string of the molecule is C=C/C=C(\C=C)CCOC(=O)Cc1ccccc1. The first kappa shape index (κ1) is 14.0. The number of carbonyl (C=O) groups is 1. The minimum Gasteiger partial charge on any atom is -0.465 e. The third-order valence-corrected chi connectivity index (χ3v) is 2.44. The Balaban J connectivity index is 2.32. The number of carbonyl (C=O) groups excluding carboxylic acids is 1. The van der Waals surface area contributed by atoms with Crippen LogP contribution in [0.1, 0.15) is 12.0 Å². The van der Waals surface area contributed by atoms with Gasteiger partial charge < -0.3 is 4.74 Å². The van der Waals surface area contributed by atoms with Crippen molar-refractivity contribution in [2.24, 2.45) is 0 Å². The van der Waals surface area contributed by atoms with Crippen LogP contribution >= 0.6 is 0 Å². The molecule has 0 amide bonds. The molecule has 0 aromatic heterocycles. The standard InChI is InChI=1S/C16H18O2/c1-3-8-14(4-2)11-12-18-16(17)13-15-9-6-5-7-10-15/h3-10H,1-2,11-13H2/b14-8+. The summed E-state index contributed by atoms with van der Waals surface area (Å²) in [5.41, 5.74) is 1.98. The van der Waals surface area contributed by atoms with Crippen LogP contribution in [0, 0.1) is 0 Å². The first-order chi connectivity index (χ1) is 8.76. The van der Waals surface area contributed by atoms with Crippen molar-refractivity contribution in [3.05, 3.63) is 72.9 Å². The van der Waals surface area contributed by atoms with E-state index in [9.17, 15) is 4.79 Å². The average molecular weight is 242 g/mol. The van der Waals surface area contributed by atoms with E-state index in [1.165, 1.54) is 0 Å². The second kappa shape index (κ2) is 8.07. The van der Waals surface area contributed by atoms with Crippen molar-refractivity contribution >= 4 is 5.97 Å².